The Morgan fingerprint density at radius 1 is 0.920 bits per heavy atom. The number of rotatable bonds is 8. The van der Waals surface area contributed by atoms with E-state index in [9.17, 15) is 9.59 Å². The third-order valence-electron chi connectivity index (χ3n) is 3.50. The minimum Gasteiger partial charge on any atom is -0.497 e. The normalized spacial score (nSPS) is 10.4. The van der Waals surface area contributed by atoms with E-state index in [0.29, 0.717) is 17.0 Å². The van der Waals surface area contributed by atoms with Crippen molar-refractivity contribution in [1.82, 2.24) is 0 Å². The minimum absolute atomic E-state index is 0.0708. The van der Waals surface area contributed by atoms with Gasteiger partial charge in [-0.2, -0.15) is 0 Å². The zero-order valence-corrected chi connectivity index (χ0v) is 14.7. The van der Waals surface area contributed by atoms with Gasteiger partial charge in [-0.1, -0.05) is 0 Å². The van der Waals surface area contributed by atoms with Crippen molar-refractivity contribution in [2.75, 3.05) is 12.4 Å². The number of anilines is 1. The molecule has 0 radical (unpaired) electrons. The van der Waals surface area contributed by atoms with E-state index in [1.54, 1.807) is 55.6 Å². The van der Waals surface area contributed by atoms with E-state index in [2.05, 4.69) is 5.32 Å². The summed E-state index contributed by atoms with van der Waals surface area (Å²) in [5.41, 5.74) is 1.25. The van der Waals surface area contributed by atoms with Gasteiger partial charge in [0.25, 0.3) is 0 Å². The molecule has 0 spiro atoms. The van der Waals surface area contributed by atoms with Crippen LogP contribution in [0.1, 0.15) is 37.0 Å². The second kappa shape index (κ2) is 8.87. The first-order chi connectivity index (χ1) is 12.0. The highest BCUT2D eigenvalue weighted by atomic mass is 16.5. The maximum atomic E-state index is 12.1. The number of benzene rings is 2. The van der Waals surface area contributed by atoms with E-state index in [4.69, 9.17) is 9.47 Å². The maximum Gasteiger partial charge on any atom is 0.224 e. The van der Waals surface area contributed by atoms with Gasteiger partial charge in [0, 0.05) is 24.1 Å². The van der Waals surface area contributed by atoms with Crippen molar-refractivity contribution in [3.8, 4) is 11.5 Å². The fraction of sp³-hybridized carbons (Fsp3) is 0.300. The highest BCUT2D eigenvalue weighted by Crippen LogP contribution is 2.18. The first kappa shape index (κ1) is 18.5. The van der Waals surface area contributed by atoms with Crippen LogP contribution in [-0.4, -0.2) is 24.9 Å². The van der Waals surface area contributed by atoms with Crippen molar-refractivity contribution in [3.63, 3.8) is 0 Å². The largest absolute Gasteiger partial charge is 0.497 e. The molecule has 0 aliphatic rings. The molecule has 0 heterocycles. The monoisotopic (exact) mass is 341 g/mol. The van der Waals surface area contributed by atoms with Crippen molar-refractivity contribution < 1.29 is 19.1 Å². The average Bonchev–Trinajstić information content (AvgIpc) is 2.61. The van der Waals surface area contributed by atoms with Crippen LogP contribution in [0.3, 0.4) is 0 Å². The Kier molecular flexibility index (Phi) is 6.57. The molecule has 0 saturated carbocycles. The molecular formula is C20H23NO4. The number of carbonyl (C=O) groups is 2. The Morgan fingerprint density at radius 2 is 1.52 bits per heavy atom. The molecular weight excluding hydrogens is 318 g/mol. The lowest BCUT2D eigenvalue weighted by Crippen LogP contribution is -2.13. The fourth-order valence-corrected chi connectivity index (χ4v) is 2.26. The van der Waals surface area contributed by atoms with Crippen LogP contribution in [0.4, 0.5) is 5.69 Å². The van der Waals surface area contributed by atoms with Gasteiger partial charge >= 0.3 is 0 Å². The van der Waals surface area contributed by atoms with Gasteiger partial charge in [0.15, 0.2) is 5.78 Å². The zero-order valence-electron chi connectivity index (χ0n) is 14.7. The quantitative estimate of drug-likeness (QED) is 0.735. The summed E-state index contributed by atoms with van der Waals surface area (Å²) in [5, 5.41) is 2.78. The van der Waals surface area contributed by atoms with Gasteiger partial charge in [-0.3, -0.25) is 9.59 Å². The van der Waals surface area contributed by atoms with Crippen LogP contribution in [0, 0.1) is 0 Å². The molecule has 0 bridgehead atoms. The Labute approximate surface area is 148 Å². The molecule has 132 valence electrons. The summed E-state index contributed by atoms with van der Waals surface area (Å²) >= 11 is 0. The van der Waals surface area contributed by atoms with E-state index >= 15 is 0 Å². The number of ketones is 1. The Hall–Kier alpha value is -2.82. The smallest absolute Gasteiger partial charge is 0.224 e. The highest BCUT2D eigenvalue weighted by molar-refractivity contribution is 6.00. The number of Topliss-reactive ketones (excluding diaryl/α,β-unsaturated/α-hetero) is 1. The molecule has 1 amide bonds. The molecule has 1 N–H and O–H groups in total. The summed E-state index contributed by atoms with van der Waals surface area (Å²) in [5.74, 6) is 1.18. The summed E-state index contributed by atoms with van der Waals surface area (Å²) in [4.78, 5) is 24.1. The lowest BCUT2D eigenvalue weighted by atomic mass is 10.1. The Morgan fingerprint density at radius 3 is 2.08 bits per heavy atom. The summed E-state index contributed by atoms with van der Waals surface area (Å²) in [7, 11) is 1.57. The number of hydrogen-bond acceptors (Lipinski definition) is 4. The van der Waals surface area contributed by atoms with Crippen molar-refractivity contribution in [2.45, 2.75) is 32.8 Å². The SMILES string of the molecule is COc1ccc(C(=O)CCC(=O)Nc2ccc(OC(C)C)cc2)cc1. The molecule has 0 aliphatic heterocycles. The third kappa shape index (κ3) is 5.95. The molecule has 0 aliphatic carbocycles. The van der Waals surface area contributed by atoms with Crippen molar-refractivity contribution in [2.24, 2.45) is 0 Å². The number of carbonyl (C=O) groups excluding carboxylic acids is 2. The standard InChI is InChI=1S/C20H23NO4/c1-14(2)25-18-10-6-16(7-11-18)21-20(23)13-12-19(22)15-4-8-17(24-3)9-5-15/h4-11,14H,12-13H2,1-3H3,(H,21,23). The van der Waals surface area contributed by atoms with E-state index in [1.807, 2.05) is 13.8 Å². The number of ether oxygens (including phenoxy) is 2. The molecule has 2 aromatic carbocycles. The lowest BCUT2D eigenvalue weighted by molar-refractivity contribution is -0.116. The molecule has 0 atom stereocenters. The molecule has 5 heteroatoms. The molecule has 5 nitrogen and oxygen atoms in total. The zero-order chi connectivity index (χ0) is 18.2. The second-order valence-electron chi connectivity index (χ2n) is 5.89. The molecule has 2 aromatic rings. The summed E-state index contributed by atoms with van der Waals surface area (Å²) < 4.78 is 10.6. The second-order valence-corrected chi connectivity index (χ2v) is 5.89. The number of hydrogen-bond donors (Lipinski definition) is 1. The number of methoxy groups -OCH3 is 1. The van der Waals surface area contributed by atoms with Crippen LogP contribution in [-0.2, 0) is 4.79 Å². The number of amides is 1. The minimum atomic E-state index is -0.195. The van der Waals surface area contributed by atoms with Crippen LogP contribution in [0.15, 0.2) is 48.5 Å². The number of nitrogens with one attached hydrogen (secondary N) is 1. The van der Waals surface area contributed by atoms with Crippen molar-refractivity contribution in [3.05, 3.63) is 54.1 Å². The van der Waals surface area contributed by atoms with Gasteiger partial charge in [0.1, 0.15) is 11.5 Å². The topological polar surface area (TPSA) is 64.6 Å². The summed E-state index contributed by atoms with van der Waals surface area (Å²) in [6.07, 6.45) is 0.395. The molecule has 2 rings (SSSR count). The predicted molar refractivity (Wildman–Crippen MR) is 97.4 cm³/mol. The van der Waals surface area contributed by atoms with Gasteiger partial charge in [0.05, 0.1) is 13.2 Å². The third-order valence-corrected chi connectivity index (χ3v) is 3.50. The molecule has 0 aromatic heterocycles. The van der Waals surface area contributed by atoms with Crippen LogP contribution in [0.25, 0.3) is 0 Å². The Bertz CT molecular complexity index is 705. The van der Waals surface area contributed by atoms with E-state index in [-0.39, 0.29) is 30.6 Å². The van der Waals surface area contributed by atoms with E-state index < -0.39 is 0 Å². The first-order valence-corrected chi connectivity index (χ1v) is 8.21. The maximum absolute atomic E-state index is 12.1. The predicted octanol–water partition coefficient (Wildman–Crippen LogP) is 4.08. The molecule has 25 heavy (non-hydrogen) atoms. The average molecular weight is 341 g/mol. The van der Waals surface area contributed by atoms with Gasteiger partial charge in [-0.15, -0.1) is 0 Å². The lowest BCUT2D eigenvalue weighted by Gasteiger charge is -2.10. The highest BCUT2D eigenvalue weighted by Gasteiger charge is 2.10. The van der Waals surface area contributed by atoms with Crippen LogP contribution < -0.4 is 14.8 Å². The molecule has 0 saturated heterocycles. The summed E-state index contributed by atoms with van der Waals surface area (Å²) in [6.45, 7) is 3.91. The van der Waals surface area contributed by atoms with Crippen LogP contribution in [0.2, 0.25) is 0 Å². The van der Waals surface area contributed by atoms with Crippen molar-refractivity contribution >= 4 is 17.4 Å². The van der Waals surface area contributed by atoms with Crippen LogP contribution in [0.5, 0.6) is 11.5 Å². The van der Waals surface area contributed by atoms with Gasteiger partial charge < -0.3 is 14.8 Å². The van der Waals surface area contributed by atoms with E-state index in [0.717, 1.165) is 5.75 Å². The van der Waals surface area contributed by atoms with E-state index in [1.165, 1.54) is 0 Å². The van der Waals surface area contributed by atoms with Crippen molar-refractivity contribution in [1.29, 1.82) is 0 Å². The van der Waals surface area contributed by atoms with Gasteiger partial charge in [0.2, 0.25) is 5.91 Å². The Balaban J connectivity index is 1.82. The first-order valence-electron chi connectivity index (χ1n) is 8.21. The fourth-order valence-electron chi connectivity index (χ4n) is 2.26. The van der Waals surface area contributed by atoms with Gasteiger partial charge in [-0.25, -0.2) is 0 Å². The summed E-state index contributed by atoms with van der Waals surface area (Å²) in [6, 6.07) is 14.0. The molecule has 0 unspecified atom stereocenters. The van der Waals surface area contributed by atoms with Gasteiger partial charge in [-0.05, 0) is 62.4 Å². The molecule has 0 fully saturated rings. The van der Waals surface area contributed by atoms with Crippen LogP contribution >= 0.6 is 0 Å².